The zero-order chi connectivity index (χ0) is 11.1. The lowest BCUT2D eigenvalue weighted by molar-refractivity contribution is 1.15. The molecule has 0 saturated heterocycles. The molecular weight excluding hydrogens is 170 g/mol. The van der Waals surface area contributed by atoms with Gasteiger partial charge in [-0.05, 0) is 45.1 Å². The molecule has 76 valence electrons. The second-order valence-corrected chi connectivity index (χ2v) is 3.42. The highest BCUT2D eigenvalue weighted by molar-refractivity contribution is 5.49. The molecule has 0 aromatic carbocycles. The number of rotatable bonds is 1. The number of hydrogen-bond acceptors (Lipinski definition) is 1. The highest BCUT2D eigenvalue weighted by atomic mass is 14.2. The van der Waals surface area contributed by atoms with E-state index < -0.39 is 0 Å². The molecule has 0 aliphatic heterocycles. The molecule has 1 aliphatic carbocycles. The molecule has 0 radical (unpaired) electrons. The quantitative estimate of drug-likeness (QED) is 0.602. The second-order valence-electron chi connectivity index (χ2n) is 3.42. The van der Waals surface area contributed by atoms with Crippen molar-refractivity contribution < 1.29 is 0 Å². The predicted molar refractivity (Wildman–Crippen MR) is 64.9 cm³/mol. The predicted octanol–water partition coefficient (Wildman–Crippen LogP) is 4.05. The molecule has 0 heterocycles. The molecule has 0 fully saturated rings. The van der Waals surface area contributed by atoms with Gasteiger partial charge in [0.2, 0.25) is 0 Å². The van der Waals surface area contributed by atoms with Crippen molar-refractivity contribution >= 4 is 6.72 Å². The molecule has 14 heavy (non-hydrogen) atoms. The van der Waals surface area contributed by atoms with E-state index in [1.807, 2.05) is 0 Å². The summed E-state index contributed by atoms with van der Waals surface area (Å²) in [7, 11) is 0. The van der Waals surface area contributed by atoms with Crippen LogP contribution >= 0.6 is 0 Å². The van der Waals surface area contributed by atoms with Crippen molar-refractivity contribution in [3.8, 4) is 0 Å². The maximum atomic E-state index is 5.50. The van der Waals surface area contributed by atoms with E-state index in [1.54, 1.807) is 0 Å². The van der Waals surface area contributed by atoms with E-state index in [9.17, 15) is 0 Å². The smallest absolute Gasteiger partial charge is 0.0129 e. The van der Waals surface area contributed by atoms with Crippen molar-refractivity contribution in [2.75, 3.05) is 0 Å². The van der Waals surface area contributed by atoms with E-state index in [2.05, 4.69) is 52.3 Å². The number of allylic oxidation sites excluding steroid dienone is 7. The number of nitrogens with one attached hydrogen (secondary N) is 1. The van der Waals surface area contributed by atoms with Crippen LogP contribution in [0.25, 0.3) is 0 Å². The third-order valence-corrected chi connectivity index (χ3v) is 2.15. The maximum Gasteiger partial charge on any atom is -0.0129 e. The normalized spacial score (nSPS) is 15.2. The Bertz CT molecular complexity index is 303. The molecule has 0 aromatic rings. The fourth-order valence-electron chi connectivity index (χ4n) is 1.68. The zero-order valence-corrected chi connectivity index (χ0v) is 9.35. The van der Waals surface area contributed by atoms with Crippen LogP contribution in [0.3, 0.4) is 0 Å². The van der Waals surface area contributed by atoms with Crippen LogP contribution in [0.1, 0.15) is 27.2 Å². The summed E-state index contributed by atoms with van der Waals surface area (Å²) in [5, 5.41) is 5.50. The van der Waals surface area contributed by atoms with Gasteiger partial charge in [0.25, 0.3) is 0 Å². The van der Waals surface area contributed by atoms with Gasteiger partial charge in [-0.2, -0.15) is 0 Å². The van der Waals surface area contributed by atoms with E-state index >= 15 is 0 Å². The van der Waals surface area contributed by atoms with Gasteiger partial charge in [0.15, 0.2) is 0 Å². The van der Waals surface area contributed by atoms with Crippen LogP contribution < -0.4 is 0 Å². The minimum Gasteiger partial charge on any atom is -0.317 e. The summed E-state index contributed by atoms with van der Waals surface area (Å²) in [6, 6.07) is 0. The molecule has 0 atom stereocenters. The van der Waals surface area contributed by atoms with Crippen LogP contribution in [0.15, 0.2) is 47.1 Å². The van der Waals surface area contributed by atoms with Gasteiger partial charge in [-0.25, -0.2) is 0 Å². The third kappa shape index (κ3) is 3.17. The van der Waals surface area contributed by atoms with Gasteiger partial charge in [-0.15, -0.1) is 0 Å². The molecule has 1 heteroatoms. The fraction of sp³-hybridized carbons (Fsp3) is 0.308. The first-order valence-corrected chi connectivity index (χ1v) is 4.67. The summed E-state index contributed by atoms with van der Waals surface area (Å²) >= 11 is 0. The van der Waals surface area contributed by atoms with Gasteiger partial charge in [0.1, 0.15) is 0 Å². The molecule has 1 aliphatic rings. The summed E-state index contributed by atoms with van der Waals surface area (Å²) < 4.78 is 0. The maximum absolute atomic E-state index is 5.50. The molecular formula is C13H19N. The molecule has 1 N–H and O–H groups in total. The summed E-state index contributed by atoms with van der Waals surface area (Å²) in [5.74, 6) is 0. The lowest BCUT2D eigenvalue weighted by Crippen LogP contribution is -1.90. The van der Waals surface area contributed by atoms with Gasteiger partial charge in [-0.1, -0.05) is 36.0 Å². The van der Waals surface area contributed by atoms with Gasteiger partial charge in [-0.3, -0.25) is 0 Å². The van der Waals surface area contributed by atoms with Crippen LogP contribution in [0.2, 0.25) is 0 Å². The van der Waals surface area contributed by atoms with E-state index in [0.717, 1.165) is 6.42 Å². The number of hydrogen-bond donors (Lipinski definition) is 1. The lowest BCUT2D eigenvalue weighted by atomic mass is 9.96. The van der Waals surface area contributed by atoms with Gasteiger partial charge in [0, 0.05) is 0 Å². The first-order valence-electron chi connectivity index (χ1n) is 4.67. The summed E-state index contributed by atoms with van der Waals surface area (Å²) in [6.07, 6.45) is 7.51. The molecule has 0 aromatic heterocycles. The van der Waals surface area contributed by atoms with Crippen molar-refractivity contribution in [1.82, 2.24) is 0 Å². The van der Waals surface area contributed by atoms with Crippen LogP contribution in [0.5, 0.6) is 0 Å². The van der Waals surface area contributed by atoms with Crippen molar-refractivity contribution in [2.24, 2.45) is 0 Å². The molecule has 0 bridgehead atoms. The monoisotopic (exact) mass is 189 g/mol. The average Bonchev–Trinajstić information content (AvgIpc) is 2.30. The first kappa shape index (κ1) is 12.6. The Morgan fingerprint density at radius 3 is 2.43 bits per heavy atom. The molecule has 0 saturated carbocycles. The van der Waals surface area contributed by atoms with E-state index in [-0.39, 0.29) is 0 Å². The second kappa shape index (κ2) is 6.14. The highest BCUT2D eigenvalue weighted by Gasteiger charge is 2.06. The van der Waals surface area contributed by atoms with Crippen molar-refractivity contribution in [3.63, 3.8) is 0 Å². The highest BCUT2D eigenvalue weighted by Crippen LogP contribution is 2.25. The summed E-state index contributed by atoms with van der Waals surface area (Å²) in [5.41, 5.74) is 5.27. The molecule has 0 unspecified atom stereocenters. The largest absolute Gasteiger partial charge is 0.317 e. The minimum absolute atomic E-state index is 1.05. The SMILES string of the molecule is C=C(C)C1=C(C)CC=CC=C1C.C=N. The third-order valence-electron chi connectivity index (χ3n) is 2.15. The van der Waals surface area contributed by atoms with E-state index in [0.29, 0.717) is 0 Å². The van der Waals surface area contributed by atoms with Gasteiger partial charge < -0.3 is 5.41 Å². The van der Waals surface area contributed by atoms with Crippen LogP contribution in [0, 0.1) is 5.41 Å². The van der Waals surface area contributed by atoms with Crippen LogP contribution in [0.4, 0.5) is 0 Å². The fourth-order valence-corrected chi connectivity index (χ4v) is 1.68. The van der Waals surface area contributed by atoms with Crippen LogP contribution in [-0.2, 0) is 0 Å². The van der Waals surface area contributed by atoms with Crippen molar-refractivity contribution in [3.05, 3.63) is 47.1 Å². The Labute approximate surface area is 87.0 Å². The van der Waals surface area contributed by atoms with E-state index in [4.69, 9.17) is 5.41 Å². The zero-order valence-electron chi connectivity index (χ0n) is 9.35. The van der Waals surface area contributed by atoms with Crippen molar-refractivity contribution in [1.29, 1.82) is 5.41 Å². The lowest BCUT2D eigenvalue weighted by Gasteiger charge is -2.09. The minimum atomic E-state index is 1.05. The summed E-state index contributed by atoms with van der Waals surface area (Å²) in [4.78, 5) is 0. The Balaban J connectivity index is 0.000000791. The average molecular weight is 189 g/mol. The topological polar surface area (TPSA) is 23.9 Å². The Hall–Kier alpha value is -1.37. The van der Waals surface area contributed by atoms with E-state index in [1.165, 1.54) is 22.3 Å². The Morgan fingerprint density at radius 2 is 1.93 bits per heavy atom. The Kier molecular flexibility index (Phi) is 5.54. The van der Waals surface area contributed by atoms with Crippen LogP contribution in [-0.4, -0.2) is 6.72 Å². The molecule has 1 nitrogen and oxygen atoms in total. The molecule has 0 amide bonds. The molecule has 0 spiro atoms. The Morgan fingerprint density at radius 1 is 1.36 bits per heavy atom. The van der Waals surface area contributed by atoms with Crippen molar-refractivity contribution in [2.45, 2.75) is 27.2 Å². The first-order chi connectivity index (χ1) is 6.63. The van der Waals surface area contributed by atoms with Gasteiger partial charge in [0.05, 0.1) is 0 Å². The van der Waals surface area contributed by atoms with Gasteiger partial charge >= 0.3 is 0 Å². The molecule has 1 rings (SSSR count). The standard InChI is InChI=1S/C12H16.CH3N/c1-9(2)12-10(3)7-5-6-8-11(12)4;1-2/h5-7H,1,8H2,2-4H3;2H,1H2. The summed E-state index contributed by atoms with van der Waals surface area (Å²) in [6.45, 7) is 12.9.